The monoisotopic (exact) mass is 381 g/mol. The number of likely N-dealkylation sites (tertiary alicyclic amines) is 1. The molecule has 1 amide bonds. The standard InChI is InChI=1S/C21H20FN3O3/c1-14-3-2-4-15(11-14)21(26)25-10-9-16(12-25)20-23-19(28-24-20)13-27-18-7-5-17(22)6-8-18/h2-8,11,16H,9-10,12-13H2,1H3. The fourth-order valence-electron chi connectivity index (χ4n) is 3.28. The van der Waals surface area contributed by atoms with Crippen molar-refractivity contribution in [3.8, 4) is 5.75 Å². The minimum Gasteiger partial charge on any atom is -0.484 e. The van der Waals surface area contributed by atoms with Gasteiger partial charge in [0.05, 0.1) is 0 Å². The Kier molecular flexibility index (Phi) is 5.06. The average molecular weight is 381 g/mol. The third kappa shape index (κ3) is 4.03. The van der Waals surface area contributed by atoms with E-state index >= 15 is 0 Å². The Hall–Kier alpha value is -3.22. The highest BCUT2D eigenvalue weighted by molar-refractivity contribution is 5.94. The minimum absolute atomic E-state index is 0.0227. The molecule has 0 saturated carbocycles. The Bertz CT molecular complexity index is 971. The first-order valence-electron chi connectivity index (χ1n) is 9.15. The van der Waals surface area contributed by atoms with E-state index in [1.807, 2.05) is 36.1 Å². The zero-order valence-electron chi connectivity index (χ0n) is 15.5. The lowest BCUT2D eigenvalue weighted by Crippen LogP contribution is -2.28. The number of aryl methyl sites for hydroxylation is 1. The van der Waals surface area contributed by atoms with Crippen LogP contribution in [0.25, 0.3) is 0 Å². The second-order valence-corrected chi connectivity index (χ2v) is 6.90. The van der Waals surface area contributed by atoms with Gasteiger partial charge in [0.2, 0.25) is 0 Å². The molecule has 1 aliphatic heterocycles. The van der Waals surface area contributed by atoms with Crippen LogP contribution in [0.15, 0.2) is 53.1 Å². The molecule has 3 aromatic rings. The number of hydrogen-bond acceptors (Lipinski definition) is 5. The second kappa shape index (κ2) is 7.80. The minimum atomic E-state index is -0.321. The molecule has 2 aromatic carbocycles. The van der Waals surface area contributed by atoms with Gasteiger partial charge in [-0.1, -0.05) is 22.9 Å². The van der Waals surface area contributed by atoms with Crippen LogP contribution in [0.1, 0.15) is 40.0 Å². The molecular weight excluding hydrogens is 361 g/mol. The summed E-state index contributed by atoms with van der Waals surface area (Å²) in [5.41, 5.74) is 1.76. The van der Waals surface area contributed by atoms with Crippen molar-refractivity contribution in [2.45, 2.75) is 25.9 Å². The molecule has 0 aliphatic carbocycles. The smallest absolute Gasteiger partial charge is 0.264 e. The van der Waals surface area contributed by atoms with Crippen LogP contribution in [-0.4, -0.2) is 34.0 Å². The van der Waals surface area contributed by atoms with Crippen molar-refractivity contribution in [2.24, 2.45) is 0 Å². The average Bonchev–Trinajstić information content (AvgIpc) is 3.36. The van der Waals surface area contributed by atoms with Crippen molar-refractivity contribution in [3.63, 3.8) is 0 Å². The summed E-state index contributed by atoms with van der Waals surface area (Å²) in [6.45, 7) is 3.30. The van der Waals surface area contributed by atoms with Crippen LogP contribution in [-0.2, 0) is 6.61 Å². The molecule has 1 unspecified atom stereocenters. The highest BCUT2D eigenvalue weighted by atomic mass is 19.1. The van der Waals surface area contributed by atoms with Gasteiger partial charge in [0.25, 0.3) is 11.8 Å². The largest absolute Gasteiger partial charge is 0.484 e. The zero-order valence-corrected chi connectivity index (χ0v) is 15.5. The number of benzene rings is 2. The summed E-state index contributed by atoms with van der Waals surface area (Å²) in [6, 6.07) is 13.3. The Morgan fingerprint density at radius 3 is 2.89 bits per heavy atom. The third-order valence-electron chi connectivity index (χ3n) is 4.77. The molecule has 0 radical (unpaired) electrons. The topological polar surface area (TPSA) is 68.5 Å². The summed E-state index contributed by atoms with van der Waals surface area (Å²) in [4.78, 5) is 18.9. The maximum Gasteiger partial charge on any atom is 0.264 e. The predicted molar refractivity (Wildman–Crippen MR) is 99.5 cm³/mol. The van der Waals surface area contributed by atoms with Gasteiger partial charge in [-0.2, -0.15) is 4.98 Å². The molecule has 0 bridgehead atoms. The number of rotatable bonds is 5. The van der Waals surface area contributed by atoms with E-state index in [-0.39, 0.29) is 24.2 Å². The van der Waals surface area contributed by atoms with Gasteiger partial charge in [-0.05, 0) is 49.7 Å². The summed E-state index contributed by atoms with van der Waals surface area (Å²) < 4.78 is 23.7. The molecule has 1 fully saturated rings. The van der Waals surface area contributed by atoms with E-state index in [1.54, 1.807) is 12.1 Å². The van der Waals surface area contributed by atoms with Gasteiger partial charge in [-0.3, -0.25) is 4.79 Å². The van der Waals surface area contributed by atoms with Crippen LogP contribution < -0.4 is 4.74 Å². The first-order valence-corrected chi connectivity index (χ1v) is 9.15. The quantitative estimate of drug-likeness (QED) is 0.674. The summed E-state index contributed by atoms with van der Waals surface area (Å²) in [7, 11) is 0. The number of carbonyl (C=O) groups is 1. The fourth-order valence-corrected chi connectivity index (χ4v) is 3.28. The van der Waals surface area contributed by atoms with E-state index in [0.29, 0.717) is 36.1 Å². The van der Waals surface area contributed by atoms with Gasteiger partial charge in [0.1, 0.15) is 11.6 Å². The molecule has 1 atom stereocenters. The number of halogens is 1. The van der Waals surface area contributed by atoms with Gasteiger partial charge in [0.15, 0.2) is 12.4 Å². The molecule has 28 heavy (non-hydrogen) atoms. The molecular formula is C21H20FN3O3. The highest BCUT2D eigenvalue weighted by Crippen LogP contribution is 2.26. The third-order valence-corrected chi connectivity index (χ3v) is 4.77. The van der Waals surface area contributed by atoms with E-state index < -0.39 is 0 Å². The summed E-state index contributed by atoms with van der Waals surface area (Å²) >= 11 is 0. The molecule has 1 saturated heterocycles. The molecule has 0 N–H and O–H groups in total. The SMILES string of the molecule is Cc1cccc(C(=O)N2CCC(c3noc(COc4ccc(F)cc4)n3)C2)c1. The molecule has 4 rings (SSSR count). The van der Waals surface area contributed by atoms with Crippen molar-refractivity contribution in [1.29, 1.82) is 0 Å². The molecule has 1 aromatic heterocycles. The van der Waals surface area contributed by atoms with E-state index in [9.17, 15) is 9.18 Å². The number of nitrogens with zero attached hydrogens (tertiary/aromatic N) is 3. The maximum atomic E-state index is 12.9. The molecule has 144 valence electrons. The lowest BCUT2D eigenvalue weighted by molar-refractivity contribution is 0.0790. The second-order valence-electron chi connectivity index (χ2n) is 6.90. The van der Waals surface area contributed by atoms with Crippen molar-refractivity contribution in [1.82, 2.24) is 15.0 Å². The van der Waals surface area contributed by atoms with Crippen LogP contribution in [0, 0.1) is 12.7 Å². The van der Waals surface area contributed by atoms with Gasteiger partial charge in [0, 0.05) is 24.6 Å². The Labute approximate surface area is 161 Å². The number of aromatic nitrogens is 2. The van der Waals surface area contributed by atoms with Gasteiger partial charge in [-0.25, -0.2) is 4.39 Å². The van der Waals surface area contributed by atoms with Gasteiger partial charge >= 0.3 is 0 Å². The highest BCUT2D eigenvalue weighted by Gasteiger charge is 2.31. The lowest BCUT2D eigenvalue weighted by atomic mass is 10.1. The first kappa shape index (κ1) is 18.2. The molecule has 1 aliphatic rings. The zero-order chi connectivity index (χ0) is 19.5. The number of amides is 1. The molecule has 6 nitrogen and oxygen atoms in total. The predicted octanol–water partition coefficient (Wildman–Crippen LogP) is 3.73. The Morgan fingerprint density at radius 1 is 1.29 bits per heavy atom. The van der Waals surface area contributed by atoms with E-state index in [0.717, 1.165) is 12.0 Å². The number of hydrogen-bond donors (Lipinski definition) is 0. The molecule has 2 heterocycles. The normalized spacial score (nSPS) is 16.4. The maximum absolute atomic E-state index is 12.9. The lowest BCUT2D eigenvalue weighted by Gasteiger charge is -2.16. The van der Waals surface area contributed by atoms with Crippen molar-refractivity contribution >= 4 is 5.91 Å². The summed E-state index contributed by atoms with van der Waals surface area (Å²) in [6.07, 6.45) is 0.787. The molecule has 7 heteroatoms. The van der Waals surface area contributed by atoms with Crippen LogP contribution in [0.3, 0.4) is 0 Å². The van der Waals surface area contributed by atoms with Crippen LogP contribution in [0.2, 0.25) is 0 Å². The number of ether oxygens (including phenoxy) is 1. The van der Waals surface area contributed by atoms with Crippen LogP contribution >= 0.6 is 0 Å². The summed E-state index contributed by atoms with van der Waals surface area (Å²) in [5.74, 6) is 1.20. The van der Waals surface area contributed by atoms with Crippen LogP contribution in [0.4, 0.5) is 4.39 Å². The van der Waals surface area contributed by atoms with E-state index in [1.165, 1.54) is 12.1 Å². The van der Waals surface area contributed by atoms with Gasteiger partial charge < -0.3 is 14.2 Å². The number of carbonyl (C=O) groups excluding carboxylic acids is 1. The first-order chi connectivity index (χ1) is 13.6. The van der Waals surface area contributed by atoms with Gasteiger partial charge in [-0.15, -0.1) is 0 Å². The van der Waals surface area contributed by atoms with Crippen molar-refractivity contribution in [2.75, 3.05) is 13.1 Å². The van der Waals surface area contributed by atoms with Crippen molar-refractivity contribution in [3.05, 3.63) is 77.2 Å². The van der Waals surface area contributed by atoms with Crippen molar-refractivity contribution < 1.29 is 18.4 Å². The Balaban J connectivity index is 1.35. The molecule has 0 spiro atoms. The Morgan fingerprint density at radius 2 is 2.11 bits per heavy atom. The van der Waals surface area contributed by atoms with E-state index in [4.69, 9.17) is 9.26 Å². The van der Waals surface area contributed by atoms with E-state index in [2.05, 4.69) is 10.1 Å². The van der Waals surface area contributed by atoms with Crippen LogP contribution in [0.5, 0.6) is 5.75 Å². The summed E-state index contributed by atoms with van der Waals surface area (Å²) in [5, 5.41) is 4.04. The fraction of sp³-hybridized carbons (Fsp3) is 0.286.